The van der Waals surface area contributed by atoms with Crippen LogP contribution in [0, 0.1) is 5.92 Å². The van der Waals surface area contributed by atoms with Gasteiger partial charge >= 0.3 is 0 Å². The van der Waals surface area contributed by atoms with Gasteiger partial charge in [0.2, 0.25) is 0 Å². The number of ether oxygens (including phenoxy) is 1. The van der Waals surface area contributed by atoms with Gasteiger partial charge in [-0.2, -0.15) is 0 Å². The highest BCUT2D eigenvalue weighted by atomic mass is 16.5. The van der Waals surface area contributed by atoms with Crippen molar-refractivity contribution in [3.8, 4) is 5.75 Å². The van der Waals surface area contributed by atoms with Crippen LogP contribution < -0.4 is 10.1 Å². The molecule has 0 radical (unpaired) electrons. The number of nitrogens with one attached hydrogen (secondary N) is 1. The maximum atomic E-state index is 6.11. The topological polar surface area (TPSA) is 34.2 Å². The van der Waals surface area contributed by atoms with Gasteiger partial charge in [-0.25, -0.2) is 0 Å². The lowest BCUT2D eigenvalue weighted by Crippen LogP contribution is -2.25. The first-order valence-corrected chi connectivity index (χ1v) is 7.67. The van der Waals surface area contributed by atoms with E-state index < -0.39 is 0 Å². The third-order valence-electron chi connectivity index (χ3n) is 3.91. The lowest BCUT2D eigenvalue weighted by molar-refractivity contribution is 0.121. The normalized spacial score (nSPS) is 23.1. The molecule has 3 heteroatoms. The predicted molar refractivity (Wildman–Crippen MR) is 79.7 cm³/mol. The second kappa shape index (κ2) is 7.37. The molecule has 1 aliphatic rings. The van der Waals surface area contributed by atoms with Gasteiger partial charge < -0.3 is 10.1 Å². The smallest absolute Gasteiger partial charge is 0.140 e. The summed E-state index contributed by atoms with van der Waals surface area (Å²) in [5.41, 5.74) is 1.06. The molecule has 19 heavy (non-hydrogen) atoms. The highest BCUT2D eigenvalue weighted by Gasteiger charge is 2.22. The van der Waals surface area contributed by atoms with Crippen LogP contribution in [0.15, 0.2) is 18.5 Å². The van der Waals surface area contributed by atoms with Crippen molar-refractivity contribution in [3.05, 3.63) is 18.5 Å². The molecule has 106 valence electrons. The van der Waals surface area contributed by atoms with Crippen LogP contribution in [0.25, 0.3) is 0 Å². The first-order valence-electron chi connectivity index (χ1n) is 7.67. The lowest BCUT2D eigenvalue weighted by atomic mass is 9.85. The van der Waals surface area contributed by atoms with Gasteiger partial charge in [0.25, 0.3) is 0 Å². The maximum absolute atomic E-state index is 6.11. The van der Waals surface area contributed by atoms with Crippen molar-refractivity contribution < 1.29 is 4.74 Å². The highest BCUT2D eigenvalue weighted by molar-refractivity contribution is 5.45. The van der Waals surface area contributed by atoms with E-state index in [1.165, 1.54) is 32.1 Å². The van der Waals surface area contributed by atoms with Gasteiger partial charge in [-0.3, -0.25) is 4.98 Å². The second-order valence-corrected chi connectivity index (χ2v) is 5.52. The Hall–Kier alpha value is -1.25. The molecular formula is C16H26N2O. The zero-order chi connectivity index (χ0) is 13.5. The van der Waals surface area contributed by atoms with E-state index in [4.69, 9.17) is 4.74 Å². The largest absolute Gasteiger partial charge is 0.489 e. The molecule has 1 aromatic rings. The van der Waals surface area contributed by atoms with Crippen molar-refractivity contribution in [3.63, 3.8) is 0 Å². The fourth-order valence-electron chi connectivity index (χ4n) is 2.76. The minimum Gasteiger partial charge on any atom is -0.489 e. The molecule has 3 nitrogen and oxygen atoms in total. The van der Waals surface area contributed by atoms with E-state index in [-0.39, 0.29) is 0 Å². The minimum absolute atomic E-state index is 0.377. The SMILES string of the molecule is CCCNc1cncc(OC2CCCC(CC)C2)c1. The molecule has 0 amide bonds. The number of aromatic nitrogens is 1. The Balaban J connectivity index is 1.90. The van der Waals surface area contributed by atoms with Gasteiger partial charge in [0.15, 0.2) is 0 Å². The summed E-state index contributed by atoms with van der Waals surface area (Å²) in [4.78, 5) is 4.25. The van der Waals surface area contributed by atoms with Crippen molar-refractivity contribution in [2.24, 2.45) is 5.92 Å². The maximum Gasteiger partial charge on any atom is 0.140 e. The molecule has 2 atom stereocenters. The zero-order valence-corrected chi connectivity index (χ0v) is 12.2. The van der Waals surface area contributed by atoms with Crippen LogP contribution in [-0.4, -0.2) is 17.6 Å². The summed E-state index contributed by atoms with van der Waals surface area (Å²) in [6, 6.07) is 2.07. The van der Waals surface area contributed by atoms with Gasteiger partial charge in [0, 0.05) is 12.6 Å². The molecule has 1 aliphatic carbocycles. The summed E-state index contributed by atoms with van der Waals surface area (Å²) >= 11 is 0. The van der Waals surface area contributed by atoms with Crippen LogP contribution >= 0.6 is 0 Å². The number of pyridine rings is 1. The summed E-state index contributed by atoms with van der Waals surface area (Å²) in [7, 11) is 0. The Morgan fingerprint density at radius 3 is 3.00 bits per heavy atom. The van der Waals surface area contributed by atoms with Crippen LogP contribution in [0.5, 0.6) is 5.75 Å². The van der Waals surface area contributed by atoms with Gasteiger partial charge in [-0.05, 0) is 31.6 Å². The van der Waals surface area contributed by atoms with Gasteiger partial charge in [0.05, 0.1) is 24.2 Å². The number of hydrogen-bond donors (Lipinski definition) is 1. The van der Waals surface area contributed by atoms with Gasteiger partial charge in [-0.1, -0.05) is 26.7 Å². The molecule has 2 rings (SSSR count). The summed E-state index contributed by atoms with van der Waals surface area (Å²) in [5.74, 6) is 1.75. The van der Waals surface area contributed by atoms with E-state index in [0.29, 0.717) is 6.10 Å². The second-order valence-electron chi connectivity index (χ2n) is 5.52. The third-order valence-corrected chi connectivity index (χ3v) is 3.91. The number of hydrogen-bond acceptors (Lipinski definition) is 3. The summed E-state index contributed by atoms with van der Waals surface area (Å²) < 4.78 is 6.11. The Kier molecular flexibility index (Phi) is 5.49. The van der Waals surface area contributed by atoms with Crippen molar-refractivity contribution >= 4 is 5.69 Å². The van der Waals surface area contributed by atoms with Crippen molar-refractivity contribution in [1.82, 2.24) is 4.98 Å². The highest BCUT2D eigenvalue weighted by Crippen LogP contribution is 2.29. The molecule has 1 aromatic heterocycles. The molecule has 0 aliphatic heterocycles. The molecule has 0 bridgehead atoms. The van der Waals surface area contributed by atoms with Crippen LogP contribution in [0.1, 0.15) is 52.4 Å². The zero-order valence-electron chi connectivity index (χ0n) is 12.2. The molecule has 1 saturated carbocycles. The number of anilines is 1. The minimum atomic E-state index is 0.377. The fraction of sp³-hybridized carbons (Fsp3) is 0.688. The molecule has 0 saturated heterocycles. The van der Waals surface area contributed by atoms with Gasteiger partial charge in [-0.15, -0.1) is 0 Å². The average molecular weight is 262 g/mol. The Labute approximate surface area is 116 Å². The standard InChI is InChI=1S/C16H26N2O/c1-3-8-18-14-10-16(12-17-11-14)19-15-7-5-6-13(4-2)9-15/h10-13,15,18H,3-9H2,1-2H3. The Morgan fingerprint density at radius 1 is 1.32 bits per heavy atom. The lowest BCUT2D eigenvalue weighted by Gasteiger charge is -2.28. The summed E-state index contributed by atoms with van der Waals surface area (Å²) in [6.07, 6.45) is 11.5. The molecular weight excluding hydrogens is 236 g/mol. The first kappa shape index (κ1) is 14.2. The van der Waals surface area contributed by atoms with Gasteiger partial charge in [0.1, 0.15) is 5.75 Å². The quantitative estimate of drug-likeness (QED) is 0.832. The van der Waals surface area contributed by atoms with E-state index in [9.17, 15) is 0 Å². The van der Waals surface area contributed by atoms with Crippen LogP contribution in [0.4, 0.5) is 5.69 Å². The fourth-order valence-corrected chi connectivity index (χ4v) is 2.76. The van der Waals surface area contributed by atoms with E-state index in [2.05, 4.69) is 30.2 Å². The first-order chi connectivity index (χ1) is 9.31. The molecule has 0 aromatic carbocycles. The molecule has 1 heterocycles. The molecule has 1 N–H and O–H groups in total. The molecule has 1 fully saturated rings. The number of nitrogens with zero attached hydrogens (tertiary/aromatic N) is 1. The molecule has 0 spiro atoms. The average Bonchev–Trinajstić information content (AvgIpc) is 2.46. The van der Waals surface area contributed by atoms with Crippen LogP contribution in [0.2, 0.25) is 0 Å². The van der Waals surface area contributed by atoms with Crippen molar-refractivity contribution in [1.29, 1.82) is 0 Å². The van der Waals surface area contributed by atoms with Crippen LogP contribution in [0.3, 0.4) is 0 Å². The molecule has 2 unspecified atom stereocenters. The van der Waals surface area contributed by atoms with E-state index in [0.717, 1.165) is 30.3 Å². The van der Waals surface area contributed by atoms with Crippen LogP contribution in [-0.2, 0) is 0 Å². The van der Waals surface area contributed by atoms with Crippen molar-refractivity contribution in [2.45, 2.75) is 58.5 Å². The van der Waals surface area contributed by atoms with E-state index >= 15 is 0 Å². The van der Waals surface area contributed by atoms with Crippen molar-refractivity contribution in [2.75, 3.05) is 11.9 Å². The Morgan fingerprint density at radius 2 is 2.21 bits per heavy atom. The third kappa shape index (κ3) is 4.41. The number of rotatable bonds is 6. The van der Waals surface area contributed by atoms with E-state index in [1.807, 2.05) is 12.4 Å². The summed E-state index contributed by atoms with van der Waals surface area (Å²) in [5, 5.41) is 3.35. The van der Waals surface area contributed by atoms with E-state index in [1.54, 1.807) is 0 Å². The summed E-state index contributed by atoms with van der Waals surface area (Å²) in [6.45, 7) is 5.42. The Bertz CT molecular complexity index is 381. The monoisotopic (exact) mass is 262 g/mol. The predicted octanol–water partition coefficient (Wildman–Crippen LogP) is 4.25.